The smallest absolute Gasteiger partial charge is 0.0289 e. The zero-order valence-corrected chi connectivity index (χ0v) is 13.6. The first-order chi connectivity index (χ1) is 11.3. The summed E-state index contributed by atoms with van der Waals surface area (Å²) in [5, 5.41) is 0. The van der Waals surface area contributed by atoms with E-state index >= 15 is 0 Å². The summed E-state index contributed by atoms with van der Waals surface area (Å²) in [5.74, 6) is 0. The van der Waals surface area contributed by atoms with Crippen LogP contribution in [0.2, 0.25) is 0 Å². The number of hydrogen-bond donors (Lipinski definition) is 0. The van der Waals surface area contributed by atoms with Crippen molar-refractivity contribution in [3.05, 3.63) is 102 Å². The molecule has 1 heterocycles. The van der Waals surface area contributed by atoms with Crippen molar-refractivity contribution < 1.29 is 5.48 Å². The van der Waals surface area contributed by atoms with Gasteiger partial charge in [0.1, 0.15) is 0 Å². The zero-order chi connectivity index (χ0) is 15.7. The first kappa shape index (κ1) is 16.2. The lowest BCUT2D eigenvalue weighted by Crippen LogP contribution is -2.27. The average molecular weight is 315 g/mol. The molecule has 4 rings (SSSR count). The summed E-state index contributed by atoms with van der Waals surface area (Å²) >= 11 is 0. The molecule has 0 unspecified atom stereocenters. The van der Waals surface area contributed by atoms with Crippen LogP contribution in [0, 0.1) is 0 Å². The predicted molar refractivity (Wildman–Crippen MR) is 99.0 cm³/mol. The third kappa shape index (κ3) is 2.36. The summed E-state index contributed by atoms with van der Waals surface area (Å²) in [6, 6.07) is 21.8. The largest absolute Gasteiger partial charge is 0.412 e. The molecule has 1 aromatic heterocycles. The van der Waals surface area contributed by atoms with E-state index in [-0.39, 0.29) is 10.9 Å². The Kier molecular flexibility index (Phi) is 4.32. The quantitative estimate of drug-likeness (QED) is 0.660. The normalized spacial score (nSPS) is 13.5. The second kappa shape index (κ2) is 6.42. The van der Waals surface area contributed by atoms with Crippen molar-refractivity contribution in [1.82, 2.24) is 4.98 Å². The first-order valence-corrected chi connectivity index (χ1v) is 8.04. The van der Waals surface area contributed by atoms with Gasteiger partial charge in [-0.1, -0.05) is 54.6 Å². The summed E-state index contributed by atoms with van der Waals surface area (Å²) in [6.45, 7) is 4.04. The van der Waals surface area contributed by atoms with E-state index in [0.29, 0.717) is 0 Å². The number of nitrogens with zero attached hydrogens (tertiary/aromatic N) is 1. The van der Waals surface area contributed by atoms with Crippen LogP contribution in [0.4, 0.5) is 0 Å². The molecule has 24 heavy (non-hydrogen) atoms. The highest BCUT2D eigenvalue weighted by atomic mass is 16.0. The van der Waals surface area contributed by atoms with Gasteiger partial charge >= 0.3 is 0 Å². The van der Waals surface area contributed by atoms with Crippen LogP contribution in [0.15, 0.2) is 85.7 Å². The molecule has 1 aliphatic rings. The molecule has 0 spiro atoms. The lowest BCUT2D eigenvalue weighted by molar-refractivity contribution is 0.531. The van der Waals surface area contributed by atoms with E-state index in [1.54, 1.807) is 0 Å². The van der Waals surface area contributed by atoms with Crippen LogP contribution in [0.5, 0.6) is 0 Å². The number of aromatic nitrogens is 1. The van der Waals surface area contributed by atoms with Crippen LogP contribution in [-0.4, -0.2) is 10.5 Å². The van der Waals surface area contributed by atoms with E-state index in [0.717, 1.165) is 12.8 Å². The van der Waals surface area contributed by atoms with E-state index in [9.17, 15) is 0 Å². The van der Waals surface area contributed by atoms with Gasteiger partial charge in [0.2, 0.25) is 0 Å². The van der Waals surface area contributed by atoms with Crippen LogP contribution < -0.4 is 0 Å². The van der Waals surface area contributed by atoms with Crippen molar-refractivity contribution in [2.75, 3.05) is 0 Å². The molecule has 0 amide bonds. The maximum atomic E-state index is 4.16. The van der Waals surface area contributed by atoms with Gasteiger partial charge in [-0.2, -0.15) is 0 Å². The average Bonchev–Trinajstić information content (AvgIpc) is 2.88. The fraction of sp³-hybridized carbons (Fsp3) is 0.136. The third-order valence-corrected chi connectivity index (χ3v) is 4.92. The molecular formula is C22H21NO. The molecule has 2 heteroatoms. The van der Waals surface area contributed by atoms with E-state index in [4.69, 9.17) is 0 Å². The van der Waals surface area contributed by atoms with Gasteiger partial charge < -0.3 is 5.48 Å². The Morgan fingerprint density at radius 1 is 0.833 bits per heavy atom. The molecule has 120 valence electrons. The van der Waals surface area contributed by atoms with Crippen molar-refractivity contribution in [2.45, 2.75) is 18.3 Å². The van der Waals surface area contributed by atoms with Gasteiger partial charge in [-0.15, -0.1) is 6.58 Å². The SMILES string of the molecule is C=CCC1(Cc2ccncc2)c2ccccc2-c2ccccc21.O. The van der Waals surface area contributed by atoms with Crippen LogP contribution >= 0.6 is 0 Å². The number of fused-ring (bicyclic) bond motifs is 3. The Bertz CT molecular complexity index is 809. The van der Waals surface area contributed by atoms with Gasteiger partial charge in [0.25, 0.3) is 0 Å². The summed E-state index contributed by atoms with van der Waals surface area (Å²) < 4.78 is 0. The highest BCUT2D eigenvalue weighted by Crippen LogP contribution is 2.52. The second-order valence-electron chi connectivity index (χ2n) is 6.20. The molecule has 0 radical (unpaired) electrons. The zero-order valence-electron chi connectivity index (χ0n) is 13.6. The van der Waals surface area contributed by atoms with Gasteiger partial charge in [-0.05, 0) is 52.8 Å². The summed E-state index contributed by atoms with van der Waals surface area (Å²) in [5.41, 5.74) is 6.83. The Morgan fingerprint density at radius 3 is 1.92 bits per heavy atom. The predicted octanol–water partition coefficient (Wildman–Crippen LogP) is 4.34. The number of hydrogen-bond acceptors (Lipinski definition) is 1. The molecule has 0 bridgehead atoms. The molecule has 1 aliphatic carbocycles. The van der Waals surface area contributed by atoms with Gasteiger partial charge in [0.15, 0.2) is 0 Å². The molecule has 3 aromatic rings. The first-order valence-electron chi connectivity index (χ1n) is 8.04. The van der Waals surface area contributed by atoms with Crippen molar-refractivity contribution in [1.29, 1.82) is 0 Å². The van der Waals surface area contributed by atoms with Gasteiger partial charge in [-0.25, -0.2) is 0 Å². The maximum Gasteiger partial charge on any atom is 0.0289 e. The van der Waals surface area contributed by atoms with Crippen LogP contribution in [0.1, 0.15) is 23.1 Å². The number of allylic oxidation sites excluding steroid dienone is 1. The summed E-state index contributed by atoms with van der Waals surface area (Å²) in [4.78, 5) is 4.16. The monoisotopic (exact) mass is 315 g/mol. The molecule has 2 N–H and O–H groups in total. The molecule has 0 atom stereocenters. The van der Waals surface area contributed by atoms with Crippen LogP contribution in [0.3, 0.4) is 0 Å². The minimum atomic E-state index is -0.0315. The number of benzene rings is 2. The van der Waals surface area contributed by atoms with Crippen LogP contribution in [0.25, 0.3) is 11.1 Å². The molecule has 0 saturated carbocycles. The standard InChI is InChI=1S/C22H19N.H2O/c1-2-13-22(16-17-11-14-23-15-12-17)20-9-5-3-7-18(20)19-8-4-6-10-21(19)22;/h2-12,14-15H,1,13,16H2;1H2. The van der Waals surface area contributed by atoms with E-state index in [1.807, 2.05) is 12.4 Å². The summed E-state index contributed by atoms with van der Waals surface area (Å²) in [7, 11) is 0. The fourth-order valence-electron chi connectivity index (χ4n) is 3.99. The van der Waals surface area contributed by atoms with E-state index in [2.05, 4.69) is 78.3 Å². The highest BCUT2D eigenvalue weighted by molar-refractivity contribution is 5.81. The van der Waals surface area contributed by atoms with E-state index < -0.39 is 0 Å². The van der Waals surface area contributed by atoms with Gasteiger partial charge in [0, 0.05) is 17.8 Å². The highest BCUT2D eigenvalue weighted by Gasteiger charge is 2.41. The Balaban J connectivity index is 0.00000169. The molecule has 0 saturated heterocycles. The lowest BCUT2D eigenvalue weighted by Gasteiger charge is -2.31. The third-order valence-electron chi connectivity index (χ3n) is 4.92. The lowest BCUT2D eigenvalue weighted by atomic mass is 9.71. The maximum absolute atomic E-state index is 4.16. The molecule has 0 fully saturated rings. The molecule has 2 nitrogen and oxygen atoms in total. The van der Waals surface area contributed by atoms with Crippen LogP contribution in [-0.2, 0) is 11.8 Å². The van der Waals surface area contributed by atoms with Gasteiger partial charge in [-0.3, -0.25) is 4.98 Å². The molecular weight excluding hydrogens is 294 g/mol. The molecule has 0 aliphatic heterocycles. The Labute approximate surface area is 142 Å². The van der Waals surface area contributed by atoms with Crippen molar-refractivity contribution in [3.8, 4) is 11.1 Å². The van der Waals surface area contributed by atoms with Gasteiger partial charge in [0.05, 0.1) is 0 Å². The van der Waals surface area contributed by atoms with E-state index in [1.165, 1.54) is 27.8 Å². The summed E-state index contributed by atoms with van der Waals surface area (Å²) in [6.07, 6.45) is 7.71. The molecule has 2 aromatic carbocycles. The Morgan fingerprint density at radius 2 is 1.38 bits per heavy atom. The fourth-order valence-corrected chi connectivity index (χ4v) is 3.99. The van der Waals surface area contributed by atoms with Crippen molar-refractivity contribution in [3.63, 3.8) is 0 Å². The minimum absolute atomic E-state index is 0. The Hall–Kier alpha value is -2.71. The number of rotatable bonds is 4. The minimum Gasteiger partial charge on any atom is -0.412 e. The topological polar surface area (TPSA) is 44.4 Å². The second-order valence-corrected chi connectivity index (χ2v) is 6.20. The number of pyridine rings is 1. The van der Waals surface area contributed by atoms with Crippen molar-refractivity contribution >= 4 is 0 Å². The van der Waals surface area contributed by atoms with Crippen molar-refractivity contribution in [2.24, 2.45) is 0 Å².